The quantitative estimate of drug-likeness (QED) is 0.908. The monoisotopic (exact) mass is 263 g/mol. The van der Waals surface area contributed by atoms with Crippen LogP contribution in [0.25, 0.3) is 0 Å². The van der Waals surface area contributed by atoms with Gasteiger partial charge in [-0.25, -0.2) is 0 Å². The summed E-state index contributed by atoms with van der Waals surface area (Å²) in [6, 6.07) is 10.5. The highest BCUT2D eigenvalue weighted by molar-refractivity contribution is 5.14. The van der Waals surface area contributed by atoms with E-state index in [9.17, 15) is 5.11 Å². The van der Waals surface area contributed by atoms with Crippen LogP contribution < -0.4 is 0 Å². The van der Waals surface area contributed by atoms with E-state index >= 15 is 0 Å². The van der Waals surface area contributed by atoms with Crippen LogP contribution >= 0.6 is 0 Å². The van der Waals surface area contributed by atoms with Gasteiger partial charge < -0.3 is 9.84 Å². The van der Waals surface area contributed by atoms with Crippen LogP contribution in [0.3, 0.4) is 0 Å². The van der Waals surface area contributed by atoms with Gasteiger partial charge in [-0.1, -0.05) is 51.1 Å². The Morgan fingerprint density at radius 2 is 1.89 bits per heavy atom. The summed E-state index contributed by atoms with van der Waals surface area (Å²) in [5.41, 5.74) is 1.41. The Morgan fingerprint density at radius 1 is 1.21 bits per heavy atom. The van der Waals surface area contributed by atoms with Crippen LogP contribution in [0.5, 0.6) is 0 Å². The second kappa shape index (κ2) is 6.04. The molecule has 0 unspecified atom stereocenters. The summed E-state index contributed by atoms with van der Waals surface area (Å²) < 4.78 is 5.98. The van der Waals surface area contributed by atoms with Gasteiger partial charge in [0.05, 0.1) is 18.8 Å². The summed E-state index contributed by atoms with van der Waals surface area (Å²) >= 11 is 0. The Morgan fingerprint density at radius 3 is 2.47 bits per heavy atom. The second-order valence-corrected chi connectivity index (χ2v) is 6.48. The van der Waals surface area contributed by atoms with Crippen LogP contribution in [-0.2, 0) is 11.3 Å². The van der Waals surface area contributed by atoms with E-state index in [2.05, 4.69) is 49.9 Å². The summed E-state index contributed by atoms with van der Waals surface area (Å²) in [5, 5.41) is 9.41. The van der Waals surface area contributed by atoms with Gasteiger partial charge in [0.25, 0.3) is 0 Å². The maximum Gasteiger partial charge on any atom is 0.0937 e. The van der Waals surface area contributed by atoms with Crippen LogP contribution in [-0.4, -0.2) is 41.9 Å². The van der Waals surface area contributed by atoms with Gasteiger partial charge in [-0.05, 0) is 11.0 Å². The summed E-state index contributed by atoms with van der Waals surface area (Å²) in [5.74, 6) is 0. The highest BCUT2D eigenvalue weighted by Crippen LogP contribution is 2.28. The van der Waals surface area contributed by atoms with E-state index in [4.69, 9.17) is 4.74 Å². The molecule has 2 rings (SSSR count). The van der Waals surface area contributed by atoms with E-state index in [1.54, 1.807) is 0 Å². The molecular weight excluding hydrogens is 238 g/mol. The van der Waals surface area contributed by atoms with Crippen molar-refractivity contribution < 1.29 is 9.84 Å². The van der Waals surface area contributed by atoms with E-state index in [-0.39, 0.29) is 24.2 Å². The van der Waals surface area contributed by atoms with Crippen molar-refractivity contribution in [3.05, 3.63) is 35.9 Å². The zero-order chi connectivity index (χ0) is 13.9. The molecular formula is C16H25NO2. The molecule has 0 bridgehead atoms. The molecule has 3 nitrogen and oxygen atoms in total. The van der Waals surface area contributed by atoms with Crippen molar-refractivity contribution in [2.45, 2.75) is 39.5 Å². The molecule has 1 aromatic rings. The molecule has 1 saturated heterocycles. The Labute approximate surface area is 116 Å². The zero-order valence-electron chi connectivity index (χ0n) is 12.2. The number of hydrogen-bond donors (Lipinski definition) is 1. The minimum absolute atomic E-state index is 0.0679. The van der Waals surface area contributed by atoms with E-state index in [1.807, 2.05) is 6.07 Å². The number of rotatable bonds is 3. The lowest BCUT2D eigenvalue weighted by molar-refractivity contribution is -0.141. The third-order valence-electron chi connectivity index (χ3n) is 3.66. The Hall–Kier alpha value is -0.900. The van der Waals surface area contributed by atoms with Gasteiger partial charge in [0.15, 0.2) is 0 Å². The molecule has 1 N–H and O–H groups in total. The standard InChI is InChI=1S/C16H25NO2/c1-16(2,3)15-11-17(10-14(12-18)19-15)9-13-7-5-4-6-8-13/h4-8,14-15,18H,9-12H2,1-3H3/t14-,15-/m1/s1. The predicted molar refractivity (Wildman–Crippen MR) is 76.9 cm³/mol. The molecule has 2 atom stereocenters. The van der Waals surface area contributed by atoms with Crippen molar-refractivity contribution in [2.75, 3.05) is 19.7 Å². The molecule has 3 heteroatoms. The van der Waals surface area contributed by atoms with Gasteiger partial charge in [-0.15, -0.1) is 0 Å². The maximum absolute atomic E-state index is 9.41. The molecule has 1 heterocycles. The molecule has 0 spiro atoms. The topological polar surface area (TPSA) is 32.7 Å². The number of nitrogens with zero attached hydrogens (tertiary/aromatic N) is 1. The van der Waals surface area contributed by atoms with Crippen molar-refractivity contribution in [1.82, 2.24) is 4.90 Å². The third kappa shape index (κ3) is 4.03. The molecule has 1 aliphatic heterocycles. The van der Waals surface area contributed by atoms with Gasteiger partial charge in [0.1, 0.15) is 0 Å². The second-order valence-electron chi connectivity index (χ2n) is 6.48. The maximum atomic E-state index is 9.41. The van der Waals surface area contributed by atoms with E-state index in [0.29, 0.717) is 0 Å². The summed E-state index contributed by atoms with van der Waals surface area (Å²) in [6.07, 6.45) is 0.101. The molecule has 1 aliphatic rings. The lowest BCUT2D eigenvalue weighted by Crippen LogP contribution is -2.52. The van der Waals surface area contributed by atoms with E-state index in [1.165, 1.54) is 5.56 Å². The fourth-order valence-electron chi connectivity index (χ4n) is 2.46. The number of aliphatic hydroxyl groups is 1. The summed E-state index contributed by atoms with van der Waals surface area (Å²) in [7, 11) is 0. The molecule has 0 saturated carbocycles. The molecule has 106 valence electrons. The molecule has 0 amide bonds. The van der Waals surface area contributed by atoms with Crippen LogP contribution in [0.2, 0.25) is 0 Å². The Kier molecular flexibility index (Phi) is 4.61. The lowest BCUT2D eigenvalue weighted by atomic mass is 9.87. The first kappa shape index (κ1) is 14.5. The van der Waals surface area contributed by atoms with Crippen molar-refractivity contribution in [3.8, 4) is 0 Å². The molecule has 0 radical (unpaired) electrons. The summed E-state index contributed by atoms with van der Waals surface area (Å²) in [4.78, 5) is 2.38. The van der Waals surface area contributed by atoms with Crippen molar-refractivity contribution in [2.24, 2.45) is 5.41 Å². The third-order valence-corrected chi connectivity index (χ3v) is 3.66. The van der Waals surface area contributed by atoms with Crippen molar-refractivity contribution in [3.63, 3.8) is 0 Å². The SMILES string of the molecule is CC(C)(C)[C@H]1CN(Cc2ccccc2)C[C@H](CO)O1. The van der Waals surface area contributed by atoms with Gasteiger partial charge in [-0.3, -0.25) is 4.90 Å². The smallest absolute Gasteiger partial charge is 0.0937 e. The number of benzene rings is 1. The number of morpholine rings is 1. The number of ether oxygens (including phenoxy) is 1. The fraction of sp³-hybridized carbons (Fsp3) is 0.625. The van der Waals surface area contributed by atoms with E-state index < -0.39 is 0 Å². The van der Waals surface area contributed by atoms with Gasteiger partial charge in [0.2, 0.25) is 0 Å². The molecule has 0 aromatic heterocycles. The van der Waals surface area contributed by atoms with Crippen LogP contribution in [0.15, 0.2) is 30.3 Å². The van der Waals surface area contributed by atoms with Gasteiger partial charge in [0, 0.05) is 19.6 Å². The van der Waals surface area contributed by atoms with Crippen molar-refractivity contribution >= 4 is 0 Å². The zero-order valence-corrected chi connectivity index (χ0v) is 12.2. The molecule has 0 aliphatic carbocycles. The highest BCUT2D eigenvalue weighted by atomic mass is 16.5. The van der Waals surface area contributed by atoms with Crippen LogP contribution in [0.4, 0.5) is 0 Å². The first-order chi connectivity index (χ1) is 8.99. The first-order valence-electron chi connectivity index (χ1n) is 7.01. The van der Waals surface area contributed by atoms with Crippen LogP contribution in [0.1, 0.15) is 26.3 Å². The molecule has 1 aromatic carbocycles. The van der Waals surface area contributed by atoms with Crippen molar-refractivity contribution in [1.29, 1.82) is 0 Å². The molecule has 1 fully saturated rings. The molecule has 19 heavy (non-hydrogen) atoms. The van der Waals surface area contributed by atoms with Gasteiger partial charge >= 0.3 is 0 Å². The Balaban J connectivity index is 2.03. The largest absolute Gasteiger partial charge is 0.394 e. The summed E-state index contributed by atoms with van der Waals surface area (Å²) in [6.45, 7) is 9.33. The lowest BCUT2D eigenvalue weighted by Gasteiger charge is -2.43. The Bertz CT molecular complexity index is 385. The fourth-order valence-corrected chi connectivity index (χ4v) is 2.46. The predicted octanol–water partition coefficient (Wildman–Crippen LogP) is 2.29. The normalized spacial score (nSPS) is 25.5. The van der Waals surface area contributed by atoms with Gasteiger partial charge in [-0.2, -0.15) is 0 Å². The van der Waals surface area contributed by atoms with Crippen LogP contribution in [0, 0.1) is 5.41 Å². The highest BCUT2D eigenvalue weighted by Gasteiger charge is 2.34. The average Bonchev–Trinajstić information content (AvgIpc) is 2.38. The van der Waals surface area contributed by atoms with E-state index in [0.717, 1.165) is 19.6 Å². The first-order valence-corrected chi connectivity index (χ1v) is 7.01. The number of hydrogen-bond acceptors (Lipinski definition) is 3. The average molecular weight is 263 g/mol. The minimum Gasteiger partial charge on any atom is -0.394 e. The number of aliphatic hydroxyl groups excluding tert-OH is 1. The minimum atomic E-state index is -0.0679.